The number of anilines is 1. The molecular weight excluding hydrogens is 574 g/mol. The third-order valence-electron chi connectivity index (χ3n) is 7.42. The Morgan fingerprint density at radius 1 is 0.955 bits per heavy atom. The Morgan fingerprint density at radius 3 is 2.30 bits per heavy atom. The average molecular weight is 616 g/mol. The van der Waals surface area contributed by atoms with E-state index >= 15 is 0 Å². The number of ether oxygens (including phenoxy) is 2. The molecule has 0 unspecified atom stereocenters. The van der Waals surface area contributed by atoms with Gasteiger partial charge < -0.3 is 19.5 Å². The smallest absolute Gasteiger partial charge is 0.325 e. The lowest BCUT2D eigenvalue weighted by molar-refractivity contribution is -0.137. The van der Waals surface area contributed by atoms with Crippen molar-refractivity contribution in [1.82, 2.24) is 9.88 Å². The monoisotopic (exact) mass is 615 g/mol. The second kappa shape index (κ2) is 15.9. The SMILES string of the molecule is CCCC(CCC)c1ccc(COc2ccc(-c3csc(CN(C(=O)N(C)CC(=O)O)c4ccccc4)n3)cc2OC)cc1. The lowest BCUT2D eigenvalue weighted by atomic mass is 9.90. The number of aliphatic carboxylic acids is 1. The van der Waals surface area contributed by atoms with Gasteiger partial charge in [-0.15, -0.1) is 11.3 Å². The largest absolute Gasteiger partial charge is 0.493 e. The van der Waals surface area contributed by atoms with Crippen LogP contribution in [0.3, 0.4) is 0 Å². The van der Waals surface area contributed by atoms with Gasteiger partial charge in [0.1, 0.15) is 18.2 Å². The molecule has 44 heavy (non-hydrogen) atoms. The van der Waals surface area contributed by atoms with E-state index in [-0.39, 0.29) is 6.54 Å². The number of urea groups is 1. The molecule has 1 aromatic heterocycles. The van der Waals surface area contributed by atoms with Crippen LogP contribution in [0.1, 0.15) is 61.6 Å². The molecule has 1 N–H and O–H groups in total. The van der Waals surface area contributed by atoms with Gasteiger partial charge in [-0.25, -0.2) is 9.78 Å². The quantitative estimate of drug-likeness (QED) is 0.145. The third kappa shape index (κ3) is 8.60. The van der Waals surface area contributed by atoms with Crippen LogP contribution in [-0.4, -0.2) is 47.7 Å². The molecule has 4 rings (SSSR count). The van der Waals surface area contributed by atoms with Crippen LogP contribution in [0.15, 0.2) is 78.2 Å². The molecule has 3 aromatic carbocycles. The minimum Gasteiger partial charge on any atom is -0.493 e. The Morgan fingerprint density at radius 2 is 1.66 bits per heavy atom. The molecule has 0 bridgehead atoms. The van der Waals surface area contributed by atoms with Crippen LogP contribution in [0.4, 0.5) is 10.5 Å². The molecule has 232 valence electrons. The van der Waals surface area contributed by atoms with Crippen molar-refractivity contribution in [2.24, 2.45) is 0 Å². The number of likely N-dealkylation sites (N-methyl/N-ethyl adjacent to an activating group) is 1. The molecule has 2 amide bonds. The van der Waals surface area contributed by atoms with Crippen molar-refractivity contribution in [2.45, 2.75) is 58.6 Å². The van der Waals surface area contributed by atoms with Gasteiger partial charge in [0, 0.05) is 23.7 Å². The van der Waals surface area contributed by atoms with Crippen LogP contribution in [0, 0.1) is 0 Å². The van der Waals surface area contributed by atoms with Gasteiger partial charge in [-0.2, -0.15) is 0 Å². The number of para-hydroxylation sites is 1. The fourth-order valence-corrected chi connectivity index (χ4v) is 5.96. The molecule has 0 atom stereocenters. The third-order valence-corrected chi connectivity index (χ3v) is 8.26. The molecular formula is C35H41N3O5S. The van der Waals surface area contributed by atoms with Crippen LogP contribution >= 0.6 is 11.3 Å². The van der Waals surface area contributed by atoms with Crippen LogP contribution in [0.5, 0.6) is 11.5 Å². The molecule has 0 aliphatic rings. The first-order valence-corrected chi connectivity index (χ1v) is 15.8. The van der Waals surface area contributed by atoms with Gasteiger partial charge in [-0.05, 0) is 60.2 Å². The number of hydrogen-bond donors (Lipinski definition) is 1. The summed E-state index contributed by atoms with van der Waals surface area (Å²) in [6.45, 7) is 4.72. The Bertz CT molecular complexity index is 1500. The van der Waals surface area contributed by atoms with E-state index in [2.05, 4.69) is 38.1 Å². The number of nitrogens with zero attached hydrogens (tertiary/aromatic N) is 3. The summed E-state index contributed by atoms with van der Waals surface area (Å²) in [6, 6.07) is 23.2. The van der Waals surface area contributed by atoms with Crippen LogP contribution in [0.25, 0.3) is 11.3 Å². The van der Waals surface area contributed by atoms with E-state index in [4.69, 9.17) is 14.5 Å². The lowest BCUT2D eigenvalue weighted by Gasteiger charge is -2.26. The van der Waals surface area contributed by atoms with Crippen molar-refractivity contribution in [3.63, 3.8) is 0 Å². The highest BCUT2D eigenvalue weighted by Crippen LogP contribution is 2.34. The number of carboxylic acids is 1. The molecule has 8 nitrogen and oxygen atoms in total. The summed E-state index contributed by atoms with van der Waals surface area (Å²) >= 11 is 1.43. The molecule has 0 saturated carbocycles. The van der Waals surface area contributed by atoms with Gasteiger partial charge in [0.05, 0.1) is 19.3 Å². The first kappa shape index (κ1) is 32.5. The summed E-state index contributed by atoms with van der Waals surface area (Å²) < 4.78 is 11.8. The van der Waals surface area contributed by atoms with Gasteiger partial charge >= 0.3 is 12.0 Å². The zero-order chi connectivity index (χ0) is 31.5. The van der Waals surface area contributed by atoms with Crippen molar-refractivity contribution in [1.29, 1.82) is 0 Å². The minimum atomic E-state index is -1.08. The maximum absolute atomic E-state index is 13.2. The maximum atomic E-state index is 13.2. The molecule has 0 spiro atoms. The van der Waals surface area contributed by atoms with E-state index in [0.29, 0.717) is 34.7 Å². The lowest BCUT2D eigenvalue weighted by Crippen LogP contribution is -2.43. The summed E-state index contributed by atoms with van der Waals surface area (Å²) in [5.74, 6) is 0.788. The van der Waals surface area contributed by atoms with Crippen molar-refractivity contribution in [3.8, 4) is 22.8 Å². The van der Waals surface area contributed by atoms with Gasteiger partial charge in [-0.1, -0.05) is 69.2 Å². The fourth-order valence-electron chi connectivity index (χ4n) is 5.17. The predicted molar refractivity (Wildman–Crippen MR) is 176 cm³/mol. The second-order valence-corrected chi connectivity index (χ2v) is 11.7. The average Bonchev–Trinajstić information content (AvgIpc) is 3.51. The Balaban J connectivity index is 1.46. The summed E-state index contributed by atoms with van der Waals surface area (Å²) in [7, 11) is 3.09. The zero-order valence-corrected chi connectivity index (χ0v) is 26.7. The van der Waals surface area contributed by atoms with E-state index in [9.17, 15) is 14.7 Å². The standard InChI is InChI=1S/C35H41N3O5S/c1-5-10-26(11-6-2)27-16-14-25(15-17-27)23-43-31-19-18-28(20-32(31)42-4)30-24-44-33(36-30)21-38(29-12-8-7-9-13-29)35(41)37(3)22-34(39)40/h7-9,12-20,24,26H,5-6,10-11,21-23H2,1-4H3,(H,39,40). The van der Waals surface area contributed by atoms with Gasteiger partial charge in [0.25, 0.3) is 0 Å². The van der Waals surface area contributed by atoms with Crippen LogP contribution in [-0.2, 0) is 17.9 Å². The van der Waals surface area contributed by atoms with Crippen molar-refractivity contribution in [3.05, 3.63) is 94.3 Å². The maximum Gasteiger partial charge on any atom is 0.325 e. The summed E-state index contributed by atoms with van der Waals surface area (Å²) in [5.41, 5.74) is 4.76. The molecule has 0 radical (unpaired) electrons. The normalized spacial score (nSPS) is 10.9. The number of benzene rings is 3. The van der Waals surface area contributed by atoms with Crippen molar-refractivity contribution in [2.75, 3.05) is 25.6 Å². The van der Waals surface area contributed by atoms with Gasteiger partial charge in [0.2, 0.25) is 0 Å². The highest BCUT2D eigenvalue weighted by Gasteiger charge is 2.23. The topological polar surface area (TPSA) is 92.2 Å². The predicted octanol–water partition coefficient (Wildman–Crippen LogP) is 8.22. The number of thiazole rings is 1. The van der Waals surface area contributed by atoms with Gasteiger partial charge in [-0.3, -0.25) is 9.69 Å². The highest BCUT2D eigenvalue weighted by molar-refractivity contribution is 7.10. The van der Waals surface area contributed by atoms with E-state index < -0.39 is 18.5 Å². The zero-order valence-electron chi connectivity index (χ0n) is 25.9. The first-order valence-electron chi connectivity index (χ1n) is 15.0. The Hall–Kier alpha value is -4.37. The molecule has 0 aliphatic carbocycles. The number of carboxylic acid groups (broad SMARTS) is 1. The number of methoxy groups -OCH3 is 1. The molecule has 0 fully saturated rings. The number of hydrogen-bond acceptors (Lipinski definition) is 6. The number of aromatic nitrogens is 1. The minimum absolute atomic E-state index is 0.201. The van der Waals surface area contributed by atoms with E-state index in [1.54, 1.807) is 7.11 Å². The van der Waals surface area contributed by atoms with E-state index in [1.807, 2.05) is 53.9 Å². The number of amides is 2. The number of carbonyl (C=O) groups is 2. The summed E-state index contributed by atoms with van der Waals surface area (Å²) in [4.78, 5) is 31.9. The summed E-state index contributed by atoms with van der Waals surface area (Å²) in [6.07, 6.45) is 4.79. The molecule has 0 saturated heterocycles. The molecule has 0 aliphatic heterocycles. The highest BCUT2D eigenvalue weighted by atomic mass is 32.1. The number of carbonyl (C=O) groups excluding carboxylic acids is 1. The fraction of sp³-hybridized carbons (Fsp3) is 0.343. The van der Waals surface area contributed by atoms with Crippen LogP contribution < -0.4 is 14.4 Å². The van der Waals surface area contributed by atoms with E-state index in [1.165, 1.54) is 59.4 Å². The number of rotatable bonds is 15. The molecule has 9 heteroatoms. The molecule has 1 heterocycles. The Kier molecular flexibility index (Phi) is 11.8. The van der Waals surface area contributed by atoms with Crippen LogP contribution in [0.2, 0.25) is 0 Å². The molecule has 4 aromatic rings. The summed E-state index contributed by atoms with van der Waals surface area (Å²) in [5, 5.41) is 11.8. The van der Waals surface area contributed by atoms with Crippen molar-refractivity contribution >= 4 is 29.0 Å². The van der Waals surface area contributed by atoms with Crippen molar-refractivity contribution < 1.29 is 24.2 Å². The first-order chi connectivity index (χ1) is 21.3. The Labute approximate surface area is 263 Å². The second-order valence-electron chi connectivity index (χ2n) is 10.8. The van der Waals surface area contributed by atoms with E-state index in [0.717, 1.165) is 16.8 Å². The van der Waals surface area contributed by atoms with Gasteiger partial charge in [0.15, 0.2) is 11.5 Å².